The minimum Gasteiger partial charge on any atom is -0.382 e. The molecular weight excluding hydrogens is 306 g/mol. The summed E-state index contributed by atoms with van der Waals surface area (Å²) >= 11 is 0. The van der Waals surface area contributed by atoms with Gasteiger partial charge in [0.2, 0.25) is 5.91 Å². The van der Waals surface area contributed by atoms with Gasteiger partial charge in [0.25, 0.3) is 5.91 Å². The number of nitrogen functional groups attached to an aromatic ring is 1. The highest BCUT2D eigenvalue weighted by atomic mass is 16.2. The Hall–Kier alpha value is -2.96. The number of rotatable bonds is 3. The Morgan fingerprint density at radius 1 is 1.17 bits per heavy atom. The highest BCUT2D eigenvalue weighted by Gasteiger charge is 2.30. The molecule has 2 amide bonds. The standard InChI is InChI=1S/C17H19N5O2/c18-15-14(19-8-9-20-15)17(24)22-10-4-5-12(11-22)16(23)21-13-6-2-1-3-7-13/h1-3,6-9,12H,4-5,10-11H2,(H2,18,20)(H,21,23)/t12-/m1/s1. The molecule has 1 aliphatic rings. The largest absolute Gasteiger partial charge is 0.382 e. The number of amides is 2. The molecule has 0 aliphatic carbocycles. The molecule has 7 heteroatoms. The van der Waals surface area contributed by atoms with Gasteiger partial charge in [-0.3, -0.25) is 9.59 Å². The SMILES string of the molecule is Nc1nccnc1C(=O)N1CCC[C@@H](C(=O)Nc2ccccc2)C1. The number of anilines is 2. The Bertz CT molecular complexity index is 735. The van der Waals surface area contributed by atoms with E-state index in [1.54, 1.807) is 4.90 Å². The fraction of sp³-hybridized carbons (Fsp3) is 0.294. The predicted octanol–water partition coefficient (Wildman–Crippen LogP) is 1.55. The second-order valence-electron chi connectivity index (χ2n) is 5.74. The zero-order valence-corrected chi connectivity index (χ0v) is 13.2. The fourth-order valence-electron chi connectivity index (χ4n) is 2.80. The number of carbonyl (C=O) groups is 2. The van der Waals surface area contributed by atoms with Crippen LogP contribution in [0.15, 0.2) is 42.7 Å². The third-order valence-electron chi connectivity index (χ3n) is 4.05. The van der Waals surface area contributed by atoms with E-state index in [1.807, 2.05) is 30.3 Å². The first-order chi connectivity index (χ1) is 11.6. The summed E-state index contributed by atoms with van der Waals surface area (Å²) in [7, 11) is 0. The van der Waals surface area contributed by atoms with Gasteiger partial charge in [-0.2, -0.15) is 0 Å². The number of carbonyl (C=O) groups excluding carboxylic acids is 2. The highest BCUT2D eigenvalue weighted by molar-refractivity contribution is 5.97. The summed E-state index contributed by atoms with van der Waals surface area (Å²) in [5.41, 5.74) is 6.62. The van der Waals surface area contributed by atoms with Gasteiger partial charge in [-0.15, -0.1) is 0 Å². The molecule has 1 fully saturated rings. The zero-order chi connectivity index (χ0) is 16.9. The number of piperidine rings is 1. The molecule has 0 bridgehead atoms. The van der Waals surface area contributed by atoms with Crippen molar-refractivity contribution in [3.63, 3.8) is 0 Å². The zero-order valence-electron chi connectivity index (χ0n) is 13.2. The summed E-state index contributed by atoms with van der Waals surface area (Å²) < 4.78 is 0. The van der Waals surface area contributed by atoms with E-state index in [0.717, 1.165) is 18.5 Å². The first-order valence-electron chi connectivity index (χ1n) is 7.87. The van der Waals surface area contributed by atoms with Crippen molar-refractivity contribution < 1.29 is 9.59 Å². The fourth-order valence-corrected chi connectivity index (χ4v) is 2.80. The Morgan fingerprint density at radius 3 is 2.67 bits per heavy atom. The van der Waals surface area contributed by atoms with Gasteiger partial charge in [-0.05, 0) is 25.0 Å². The lowest BCUT2D eigenvalue weighted by atomic mass is 9.96. The van der Waals surface area contributed by atoms with Gasteiger partial charge in [0.05, 0.1) is 5.92 Å². The van der Waals surface area contributed by atoms with Gasteiger partial charge in [0.15, 0.2) is 11.5 Å². The van der Waals surface area contributed by atoms with Crippen LogP contribution in [-0.4, -0.2) is 39.8 Å². The van der Waals surface area contributed by atoms with E-state index in [-0.39, 0.29) is 29.2 Å². The third-order valence-corrected chi connectivity index (χ3v) is 4.05. The van der Waals surface area contributed by atoms with Crippen molar-refractivity contribution in [1.29, 1.82) is 0 Å². The molecule has 2 heterocycles. The second-order valence-corrected chi connectivity index (χ2v) is 5.74. The van der Waals surface area contributed by atoms with Crippen molar-refractivity contribution in [1.82, 2.24) is 14.9 Å². The second kappa shape index (κ2) is 7.08. The van der Waals surface area contributed by atoms with Crippen LogP contribution in [0.5, 0.6) is 0 Å². The Labute approximate surface area is 139 Å². The number of nitrogens with zero attached hydrogens (tertiary/aromatic N) is 3. The molecule has 0 spiro atoms. The molecule has 124 valence electrons. The summed E-state index contributed by atoms with van der Waals surface area (Å²) in [5, 5.41) is 2.89. The molecule has 1 saturated heterocycles. The Kier molecular flexibility index (Phi) is 4.69. The molecule has 3 N–H and O–H groups in total. The van der Waals surface area contributed by atoms with E-state index >= 15 is 0 Å². The molecule has 0 radical (unpaired) electrons. The monoisotopic (exact) mass is 325 g/mol. The van der Waals surface area contributed by atoms with Crippen LogP contribution in [0, 0.1) is 5.92 Å². The summed E-state index contributed by atoms with van der Waals surface area (Å²) in [6, 6.07) is 9.29. The van der Waals surface area contributed by atoms with Crippen molar-refractivity contribution in [3.8, 4) is 0 Å². The van der Waals surface area contributed by atoms with Gasteiger partial charge >= 0.3 is 0 Å². The quantitative estimate of drug-likeness (QED) is 0.891. The van der Waals surface area contributed by atoms with E-state index in [9.17, 15) is 9.59 Å². The van der Waals surface area contributed by atoms with Crippen LogP contribution in [0.1, 0.15) is 23.3 Å². The molecular formula is C17H19N5O2. The van der Waals surface area contributed by atoms with Crippen LogP contribution in [0.25, 0.3) is 0 Å². The lowest BCUT2D eigenvalue weighted by Crippen LogP contribution is -2.44. The Morgan fingerprint density at radius 2 is 1.92 bits per heavy atom. The molecule has 1 aliphatic heterocycles. The molecule has 1 aromatic heterocycles. The molecule has 0 unspecified atom stereocenters. The number of nitrogens with one attached hydrogen (secondary N) is 1. The maximum absolute atomic E-state index is 12.6. The number of hydrogen-bond donors (Lipinski definition) is 2. The molecule has 2 aromatic rings. The molecule has 24 heavy (non-hydrogen) atoms. The molecule has 3 rings (SSSR count). The average molecular weight is 325 g/mol. The molecule has 7 nitrogen and oxygen atoms in total. The van der Waals surface area contributed by atoms with E-state index < -0.39 is 0 Å². The van der Waals surface area contributed by atoms with Crippen LogP contribution in [0.2, 0.25) is 0 Å². The van der Waals surface area contributed by atoms with Gasteiger partial charge in [-0.1, -0.05) is 18.2 Å². The molecule has 1 aromatic carbocycles. The lowest BCUT2D eigenvalue weighted by molar-refractivity contribution is -0.121. The van der Waals surface area contributed by atoms with Gasteiger partial charge < -0.3 is 16.0 Å². The van der Waals surface area contributed by atoms with Crippen molar-refractivity contribution in [2.24, 2.45) is 5.92 Å². The van der Waals surface area contributed by atoms with Crippen LogP contribution in [-0.2, 0) is 4.79 Å². The van der Waals surface area contributed by atoms with Crippen molar-refractivity contribution in [3.05, 3.63) is 48.4 Å². The summed E-state index contributed by atoms with van der Waals surface area (Å²) in [6.07, 6.45) is 4.39. The summed E-state index contributed by atoms with van der Waals surface area (Å²) in [6.45, 7) is 0.942. The van der Waals surface area contributed by atoms with Crippen molar-refractivity contribution >= 4 is 23.3 Å². The first kappa shape index (κ1) is 15.9. The number of hydrogen-bond acceptors (Lipinski definition) is 5. The van der Waals surface area contributed by atoms with Crippen LogP contribution < -0.4 is 11.1 Å². The number of para-hydroxylation sites is 1. The maximum atomic E-state index is 12.6. The minimum atomic E-state index is -0.280. The predicted molar refractivity (Wildman–Crippen MR) is 90.1 cm³/mol. The summed E-state index contributed by atoms with van der Waals surface area (Å²) in [5.74, 6) is -0.497. The van der Waals surface area contributed by atoms with Crippen molar-refractivity contribution in [2.75, 3.05) is 24.1 Å². The van der Waals surface area contributed by atoms with Crippen LogP contribution >= 0.6 is 0 Å². The van der Waals surface area contributed by atoms with Crippen LogP contribution in [0.3, 0.4) is 0 Å². The van der Waals surface area contributed by atoms with E-state index in [2.05, 4.69) is 15.3 Å². The first-order valence-corrected chi connectivity index (χ1v) is 7.87. The maximum Gasteiger partial charge on any atom is 0.276 e. The highest BCUT2D eigenvalue weighted by Crippen LogP contribution is 2.21. The van der Waals surface area contributed by atoms with E-state index in [4.69, 9.17) is 5.73 Å². The molecule has 1 atom stereocenters. The normalized spacial score (nSPS) is 17.3. The smallest absolute Gasteiger partial charge is 0.276 e. The van der Waals surface area contributed by atoms with Gasteiger partial charge in [0.1, 0.15) is 0 Å². The van der Waals surface area contributed by atoms with E-state index in [1.165, 1.54) is 12.4 Å². The average Bonchev–Trinajstić information content (AvgIpc) is 2.62. The number of likely N-dealkylation sites (tertiary alicyclic amines) is 1. The topological polar surface area (TPSA) is 101 Å². The number of benzene rings is 1. The number of aromatic nitrogens is 2. The number of nitrogens with two attached hydrogens (primary N) is 1. The Balaban J connectivity index is 1.67. The minimum absolute atomic E-state index is 0.0779. The summed E-state index contributed by atoms with van der Waals surface area (Å²) in [4.78, 5) is 34.5. The van der Waals surface area contributed by atoms with Crippen LogP contribution in [0.4, 0.5) is 11.5 Å². The molecule has 0 saturated carbocycles. The van der Waals surface area contributed by atoms with E-state index in [0.29, 0.717) is 13.1 Å². The lowest BCUT2D eigenvalue weighted by Gasteiger charge is -2.31. The van der Waals surface area contributed by atoms with Gasteiger partial charge in [0, 0.05) is 31.2 Å². The third kappa shape index (κ3) is 3.51. The van der Waals surface area contributed by atoms with Gasteiger partial charge in [-0.25, -0.2) is 9.97 Å². The van der Waals surface area contributed by atoms with Crippen molar-refractivity contribution in [2.45, 2.75) is 12.8 Å².